The number of anilines is 1. The quantitative estimate of drug-likeness (QED) is 0.469. The molecule has 3 aromatic heterocycles. The number of benzene rings is 1. The van der Waals surface area contributed by atoms with Crippen LogP contribution in [0, 0.1) is 0 Å². The molecule has 0 saturated carbocycles. The van der Waals surface area contributed by atoms with Crippen LogP contribution in [-0.4, -0.2) is 44.8 Å². The monoisotopic (exact) mass is 468 g/mol. The Hall–Kier alpha value is -2.20. The highest BCUT2D eigenvalue weighted by Gasteiger charge is 2.29. The fourth-order valence-electron chi connectivity index (χ4n) is 3.85. The van der Waals surface area contributed by atoms with Gasteiger partial charge in [0.25, 0.3) is 5.56 Å². The molecule has 3 N–H and O–H groups in total. The molecule has 1 aliphatic heterocycles. The van der Waals surface area contributed by atoms with Crippen molar-refractivity contribution in [2.45, 2.75) is 18.6 Å². The fourth-order valence-corrected chi connectivity index (χ4v) is 4.98. The lowest BCUT2D eigenvalue weighted by molar-refractivity contribution is 0.249. The SMILES string of the molecule is Cl.Cn1c(N2CC[C@H](N)[C@H](F)C2)nc2[nH]cc(-c3ccc4ncsc4c3Cl)c2c1=O. The molecule has 30 heavy (non-hydrogen) atoms. The van der Waals surface area contributed by atoms with Gasteiger partial charge in [-0.3, -0.25) is 9.36 Å². The molecular weight excluding hydrogens is 450 g/mol. The third kappa shape index (κ3) is 3.17. The summed E-state index contributed by atoms with van der Waals surface area (Å²) in [6.45, 7) is 0.670. The zero-order valence-electron chi connectivity index (χ0n) is 15.9. The van der Waals surface area contributed by atoms with Crippen LogP contribution in [0.1, 0.15) is 6.42 Å². The van der Waals surface area contributed by atoms with Gasteiger partial charge in [-0.1, -0.05) is 17.7 Å². The number of H-pyrrole nitrogens is 1. The summed E-state index contributed by atoms with van der Waals surface area (Å²) in [7, 11) is 1.65. The lowest BCUT2D eigenvalue weighted by Gasteiger charge is -2.34. The maximum Gasteiger partial charge on any atom is 0.264 e. The highest BCUT2D eigenvalue weighted by Crippen LogP contribution is 2.38. The number of nitrogens with one attached hydrogen (secondary N) is 1. The van der Waals surface area contributed by atoms with Crippen molar-refractivity contribution in [3.8, 4) is 11.1 Å². The zero-order chi connectivity index (χ0) is 20.3. The summed E-state index contributed by atoms with van der Waals surface area (Å²) in [5, 5.41) is 1.01. The van der Waals surface area contributed by atoms with Gasteiger partial charge in [-0.2, -0.15) is 4.98 Å². The van der Waals surface area contributed by atoms with E-state index in [1.54, 1.807) is 23.7 Å². The van der Waals surface area contributed by atoms with E-state index in [1.165, 1.54) is 15.9 Å². The molecule has 1 saturated heterocycles. The highest BCUT2D eigenvalue weighted by atomic mass is 35.5. The topological polar surface area (TPSA) is 92.8 Å². The molecule has 2 atom stereocenters. The highest BCUT2D eigenvalue weighted by molar-refractivity contribution is 7.17. The molecule has 0 amide bonds. The molecule has 0 bridgehead atoms. The largest absolute Gasteiger partial charge is 0.345 e. The summed E-state index contributed by atoms with van der Waals surface area (Å²) in [5.74, 6) is 0.425. The second-order valence-electron chi connectivity index (χ2n) is 7.24. The lowest BCUT2D eigenvalue weighted by atomic mass is 10.0. The van der Waals surface area contributed by atoms with Crippen molar-refractivity contribution in [2.24, 2.45) is 12.8 Å². The van der Waals surface area contributed by atoms with E-state index >= 15 is 0 Å². The van der Waals surface area contributed by atoms with Gasteiger partial charge in [-0.25, -0.2) is 9.37 Å². The normalized spacial score (nSPS) is 19.4. The Kier molecular flexibility index (Phi) is 5.48. The third-order valence-electron chi connectivity index (χ3n) is 5.49. The molecule has 0 radical (unpaired) electrons. The Morgan fingerprint density at radius 3 is 2.93 bits per heavy atom. The molecular formula is C19H19Cl2FN6OS. The maximum absolute atomic E-state index is 14.1. The van der Waals surface area contributed by atoms with Gasteiger partial charge < -0.3 is 15.6 Å². The van der Waals surface area contributed by atoms with Gasteiger partial charge in [0.1, 0.15) is 11.8 Å². The van der Waals surface area contributed by atoms with Crippen LogP contribution in [0.2, 0.25) is 5.02 Å². The van der Waals surface area contributed by atoms with Gasteiger partial charge in [0.05, 0.1) is 32.7 Å². The third-order valence-corrected chi connectivity index (χ3v) is 6.86. The number of nitrogens with two attached hydrogens (primary N) is 1. The first kappa shape index (κ1) is 21.0. The number of nitrogens with zero attached hydrogens (tertiary/aromatic N) is 4. The predicted molar refractivity (Wildman–Crippen MR) is 122 cm³/mol. The van der Waals surface area contributed by atoms with Crippen LogP contribution in [0.5, 0.6) is 0 Å². The second-order valence-corrected chi connectivity index (χ2v) is 8.48. The molecule has 0 aliphatic carbocycles. The molecule has 1 aromatic carbocycles. The summed E-state index contributed by atoms with van der Waals surface area (Å²) >= 11 is 8.07. The van der Waals surface area contributed by atoms with Gasteiger partial charge >= 0.3 is 0 Å². The number of fused-ring (bicyclic) bond motifs is 2. The van der Waals surface area contributed by atoms with E-state index in [0.717, 1.165) is 15.8 Å². The van der Waals surface area contributed by atoms with Crippen LogP contribution in [0.15, 0.2) is 28.6 Å². The smallest absolute Gasteiger partial charge is 0.264 e. The molecule has 1 aliphatic rings. The van der Waals surface area contributed by atoms with Crippen LogP contribution < -0.4 is 16.2 Å². The molecule has 4 heterocycles. The van der Waals surface area contributed by atoms with E-state index in [1.807, 2.05) is 12.1 Å². The molecule has 4 aromatic rings. The Morgan fingerprint density at radius 1 is 1.37 bits per heavy atom. The van der Waals surface area contributed by atoms with E-state index in [2.05, 4.69) is 15.0 Å². The van der Waals surface area contributed by atoms with E-state index in [9.17, 15) is 9.18 Å². The number of aromatic amines is 1. The Labute approximate surface area is 186 Å². The maximum atomic E-state index is 14.1. The minimum absolute atomic E-state index is 0. The van der Waals surface area contributed by atoms with Crippen molar-refractivity contribution in [2.75, 3.05) is 18.0 Å². The number of piperidine rings is 1. The fraction of sp³-hybridized carbons (Fsp3) is 0.316. The average Bonchev–Trinajstić information content (AvgIpc) is 3.35. The number of rotatable bonds is 2. The molecule has 5 rings (SSSR count). The number of halogens is 3. The summed E-state index contributed by atoms with van der Waals surface area (Å²) < 4.78 is 16.5. The molecule has 7 nitrogen and oxygen atoms in total. The molecule has 0 spiro atoms. The Morgan fingerprint density at radius 2 is 2.17 bits per heavy atom. The summed E-state index contributed by atoms with van der Waals surface area (Å²) in [6, 6.07) is 3.27. The first-order valence-corrected chi connectivity index (χ1v) is 10.5. The summed E-state index contributed by atoms with van der Waals surface area (Å²) in [4.78, 5) is 27.0. The van der Waals surface area contributed by atoms with Crippen LogP contribution in [-0.2, 0) is 7.05 Å². The number of hydrogen-bond donors (Lipinski definition) is 2. The van der Waals surface area contributed by atoms with Crippen LogP contribution in [0.25, 0.3) is 32.4 Å². The summed E-state index contributed by atoms with van der Waals surface area (Å²) in [6.07, 6.45) is 1.09. The summed E-state index contributed by atoms with van der Waals surface area (Å²) in [5.41, 5.74) is 10.0. The lowest BCUT2D eigenvalue weighted by Crippen LogP contribution is -2.50. The van der Waals surface area contributed by atoms with Crippen LogP contribution in [0.4, 0.5) is 10.3 Å². The second kappa shape index (κ2) is 7.81. The van der Waals surface area contributed by atoms with Gasteiger partial charge in [-0.05, 0) is 12.5 Å². The molecule has 11 heteroatoms. The van der Waals surface area contributed by atoms with Gasteiger partial charge in [0, 0.05) is 37.0 Å². The number of thiazole rings is 1. The standard InChI is InChI=1S/C19H18ClFN6OS.ClH/c1-26-18(28)14-10(9-2-3-13-16(15(9)20)29-8-24-13)6-23-17(14)25-19(26)27-5-4-12(22)11(21)7-27;/h2-3,6,8,11-12,23H,4-5,7,22H2,1H3;1H/t11-,12+;/m1./s1. The van der Waals surface area contributed by atoms with E-state index in [0.29, 0.717) is 40.5 Å². The van der Waals surface area contributed by atoms with Crippen molar-refractivity contribution in [3.05, 3.63) is 39.2 Å². The van der Waals surface area contributed by atoms with Gasteiger partial charge in [0.15, 0.2) is 0 Å². The predicted octanol–water partition coefficient (Wildman–Crippen LogP) is 3.49. The minimum atomic E-state index is -1.15. The van der Waals surface area contributed by atoms with Crippen LogP contribution >= 0.6 is 35.3 Å². The van der Waals surface area contributed by atoms with Crippen molar-refractivity contribution >= 4 is 62.5 Å². The minimum Gasteiger partial charge on any atom is -0.345 e. The first-order chi connectivity index (χ1) is 14.0. The van der Waals surface area contributed by atoms with E-state index < -0.39 is 12.2 Å². The molecule has 0 unspecified atom stereocenters. The van der Waals surface area contributed by atoms with Crippen molar-refractivity contribution in [1.29, 1.82) is 0 Å². The number of aromatic nitrogens is 4. The molecule has 1 fully saturated rings. The van der Waals surface area contributed by atoms with Crippen molar-refractivity contribution < 1.29 is 4.39 Å². The van der Waals surface area contributed by atoms with Gasteiger partial charge in [-0.15, -0.1) is 23.7 Å². The molecule has 158 valence electrons. The van der Waals surface area contributed by atoms with Crippen molar-refractivity contribution in [1.82, 2.24) is 19.5 Å². The number of hydrogen-bond acceptors (Lipinski definition) is 6. The van der Waals surface area contributed by atoms with E-state index in [4.69, 9.17) is 17.3 Å². The first-order valence-electron chi connectivity index (χ1n) is 9.20. The zero-order valence-corrected chi connectivity index (χ0v) is 18.3. The van der Waals surface area contributed by atoms with Crippen LogP contribution in [0.3, 0.4) is 0 Å². The van der Waals surface area contributed by atoms with E-state index in [-0.39, 0.29) is 24.5 Å². The Balaban J connectivity index is 0.00000218. The van der Waals surface area contributed by atoms with Crippen molar-refractivity contribution in [3.63, 3.8) is 0 Å². The van der Waals surface area contributed by atoms with Gasteiger partial charge in [0.2, 0.25) is 5.95 Å². The Bertz CT molecular complexity index is 1300. The number of alkyl halides is 1. The average molecular weight is 469 g/mol.